The summed E-state index contributed by atoms with van der Waals surface area (Å²) < 4.78 is 15.8. The lowest BCUT2D eigenvalue weighted by molar-refractivity contribution is 0.171. The van der Waals surface area contributed by atoms with Crippen LogP contribution in [0.4, 0.5) is 9.18 Å². The third-order valence-electron chi connectivity index (χ3n) is 4.28. The molecule has 0 bridgehead atoms. The summed E-state index contributed by atoms with van der Waals surface area (Å²) in [4.78, 5) is 19.7. The van der Waals surface area contributed by atoms with Crippen LogP contribution in [0.2, 0.25) is 5.02 Å². The molecule has 1 N–H and O–H groups in total. The highest BCUT2D eigenvalue weighted by molar-refractivity contribution is 6.30. The largest absolute Gasteiger partial charge is 0.336 e. The second kappa shape index (κ2) is 7.41. The van der Waals surface area contributed by atoms with E-state index in [-0.39, 0.29) is 17.1 Å². The van der Waals surface area contributed by atoms with Crippen molar-refractivity contribution in [2.75, 3.05) is 27.2 Å². The third-order valence-corrected chi connectivity index (χ3v) is 4.59. The van der Waals surface area contributed by atoms with Gasteiger partial charge in [-0.05, 0) is 17.7 Å². The van der Waals surface area contributed by atoms with Gasteiger partial charge in [0.05, 0.1) is 23.1 Å². The van der Waals surface area contributed by atoms with Gasteiger partial charge >= 0.3 is 6.03 Å². The first kappa shape index (κ1) is 17.7. The van der Waals surface area contributed by atoms with Gasteiger partial charge in [0.25, 0.3) is 0 Å². The molecule has 1 atom stereocenters. The second-order valence-electron chi connectivity index (χ2n) is 6.44. The highest BCUT2D eigenvalue weighted by atomic mass is 35.5. The molecule has 3 rings (SSSR count). The summed E-state index contributed by atoms with van der Waals surface area (Å²) in [7, 11) is 3.42. The molecule has 0 radical (unpaired) electrons. The monoisotopic (exact) mass is 365 g/mol. The average Bonchev–Trinajstić information content (AvgIpc) is 3.04. The Bertz CT molecular complexity index is 763. The van der Waals surface area contributed by atoms with Crippen molar-refractivity contribution < 1.29 is 9.18 Å². The van der Waals surface area contributed by atoms with E-state index in [4.69, 9.17) is 11.6 Å². The molecule has 0 spiro atoms. The van der Waals surface area contributed by atoms with Crippen LogP contribution in [0, 0.1) is 5.82 Å². The van der Waals surface area contributed by atoms with E-state index in [9.17, 15) is 9.18 Å². The van der Waals surface area contributed by atoms with E-state index in [0.29, 0.717) is 13.1 Å². The molecule has 2 heterocycles. The number of fused-ring (bicyclic) bond motifs is 1. The fraction of sp³-hybridized carbons (Fsp3) is 0.412. The number of carbonyl (C=O) groups is 1. The fourth-order valence-corrected chi connectivity index (χ4v) is 3.12. The van der Waals surface area contributed by atoms with Gasteiger partial charge in [0.2, 0.25) is 0 Å². The van der Waals surface area contributed by atoms with Crippen molar-refractivity contribution in [1.29, 1.82) is 0 Å². The Morgan fingerprint density at radius 1 is 1.48 bits per heavy atom. The summed E-state index contributed by atoms with van der Waals surface area (Å²) in [6.45, 7) is 2.58. The molecular formula is C17H21ClFN5O. The summed E-state index contributed by atoms with van der Waals surface area (Å²) in [6, 6.07) is 4.83. The molecule has 1 aliphatic rings. The van der Waals surface area contributed by atoms with Crippen LogP contribution in [0.1, 0.15) is 17.3 Å². The molecule has 0 saturated carbocycles. The Labute approximate surface area is 151 Å². The zero-order valence-electron chi connectivity index (χ0n) is 14.2. The van der Waals surface area contributed by atoms with Crippen LogP contribution in [0.25, 0.3) is 0 Å². The molecule has 0 saturated heterocycles. The average molecular weight is 366 g/mol. The fourth-order valence-electron chi connectivity index (χ4n) is 3.01. The summed E-state index contributed by atoms with van der Waals surface area (Å²) in [5, 5.41) is 3.05. The van der Waals surface area contributed by atoms with Gasteiger partial charge in [-0.25, -0.2) is 14.2 Å². The highest BCUT2D eigenvalue weighted by Crippen LogP contribution is 2.23. The predicted molar refractivity (Wildman–Crippen MR) is 93.9 cm³/mol. The minimum Gasteiger partial charge on any atom is -0.336 e. The van der Waals surface area contributed by atoms with Crippen LogP contribution < -0.4 is 5.32 Å². The maximum atomic E-state index is 13.7. The van der Waals surface area contributed by atoms with Crippen LogP contribution in [0.15, 0.2) is 30.7 Å². The van der Waals surface area contributed by atoms with Crippen LogP contribution in [0.5, 0.6) is 0 Å². The lowest BCUT2D eigenvalue weighted by Gasteiger charge is -2.34. The maximum Gasteiger partial charge on any atom is 0.316 e. The van der Waals surface area contributed by atoms with E-state index >= 15 is 0 Å². The number of nitrogens with one attached hydrogen (secondary N) is 1. The number of hydrogen-bond donors (Lipinski definition) is 1. The molecule has 0 fully saturated rings. The molecule has 25 heavy (non-hydrogen) atoms. The smallest absolute Gasteiger partial charge is 0.316 e. The number of nitrogens with zero attached hydrogens (tertiary/aromatic N) is 4. The minimum absolute atomic E-state index is 0.0762. The molecule has 134 valence electrons. The Morgan fingerprint density at radius 2 is 2.28 bits per heavy atom. The van der Waals surface area contributed by atoms with Gasteiger partial charge in [-0.1, -0.05) is 17.7 Å². The van der Waals surface area contributed by atoms with Crippen molar-refractivity contribution >= 4 is 17.6 Å². The van der Waals surface area contributed by atoms with E-state index in [2.05, 4.69) is 19.8 Å². The molecule has 0 aliphatic carbocycles. The number of carbonyl (C=O) groups excluding carboxylic acids is 1. The van der Waals surface area contributed by atoms with Crippen LogP contribution >= 0.6 is 11.6 Å². The van der Waals surface area contributed by atoms with Gasteiger partial charge in [-0.2, -0.15) is 0 Å². The van der Waals surface area contributed by atoms with E-state index in [1.807, 2.05) is 12.3 Å². The zero-order valence-corrected chi connectivity index (χ0v) is 15.0. The van der Waals surface area contributed by atoms with Gasteiger partial charge in [0, 0.05) is 46.5 Å². The van der Waals surface area contributed by atoms with Gasteiger partial charge in [0.15, 0.2) is 0 Å². The summed E-state index contributed by atoms with van der Waals surface area (Å²) >= 11 is 5.75. The Kier molecular flexibility index (Phi) is 5.24. The number of imidazole rings is 1. The number of urea groups is 1. The molecule has 2 aromatic rings. The van der Waals surface area contributed by atoms with Crippen molar-refractivity contribution in [2.45, 2.75) is 19.1 Å². The van der Waals surface area contributed by atoms with E-state index in [1.165, 1.54) is 11.0 Å². The first-order chi connectivity index (χ1) is 11.9. The van der Waals surface area contributed by atoms with Crippen LogP contribution in [-0.4, -0.2) is 52.6 Å². The molecule has 1 aromatic heterocycles. The van der Waals surface area contributed by atoms with Crippen LogP contribution in [0.3, 0.4) is 0 Å². The number of halogens is 2. The Morgan fingerprint density at radius 3 is 3.00 bits per heavy atom. The quantitative estimate of drug-likeness (QED) is 0.905. The first-order valence-electron chi connectivity index (χ1n) is 8.06. The first-order valence-corrected chi connectivity index (χ1v) is 8.44. The standard InChI is InChI=1S/C17H21ClFN5O/c1-22(2)17(25)21-7-14-10-23(9-13-6-20-11-24(13)14)8-12-3-4-15(18)16(19)5-12/h3-6,11,14H,7-10H2,1-2H3,(H,21,25)/t14-/m1/s1. The van der Waals surface area contributed by atoms with Crippen molar-refractivity contribution in [2.24, 2.45) is 0 Å². The lowest BCUT2D eigenvalue weighted by Crippen LogP contribution is -2.44. The lowest BCUT2D eigenvalue weighted by atomic mass is 10.1. The maximum absolute atomic E-state index is 13.7. The van der Waals surface area contributed by atoms with E-state index in [1.54, 1.807) is 26.5 Å². The second-order valence-corrected chi connectivity index (χ2v) is 6.85. The van der Waals surface area contributed by atoms with Gasteiger partial charge < -0.3 is 14.8 Å². The predicted octanol–water partition coefficient (Wildman–Crippen LogP) is 2.50. The number of amides is 2. The topological polar surface area (TPSA) is 53.4 Å². The Hall–Kier alpha value is -2.12. The molecule has 1 aromatic carbocycles. The number of benzene rings is 1. The summed E-state index contributed by atoms with van der Waals surface area (Å²) in [5.41, 5.74) is 1.94. The molecular weight excluding hydrogens is 345 g/mol. The van der Waals surface area contributed by atoms with Crippen molar-refractivity contribution in [1.82, 2.24) is 24.7 Å². The van der Waals surface area contributed by atoms with Crippen molar-refractivity contribution in [3.05, 3.63) is 52.8 Å². The molecule has 1 aliphatic heterocycles. The third kappa shape index (κ3) is 4.11. The van der Waals surface area contributed by atoms with Crippen molar-refractivity contribution in [3.63, 3.8) is 0 Å². The van der Waals surface area contributed by atoms with Crippen molar-refractivity contribution in [3.8, 4) is 0 Å². The number of aromatic nitrogens is 2. The normalized spacial score (nSPS) is 17.2. The van der Waals surface area contributed by atoms with Gasteiger partial charge in [-0.15, -0.1) is 0 Å². The summed E-state index contributed by atoms with van der Waals surface area (Å²) in [5.74, 6) is -0.406. The van der Waals surface area contributed by atoms with Gasteiger partial charge in [0.1, 0.15) is 5.82 Å². The molecule has 6 nitrogen and oxygen atoms in total. The zero-order chi connectivity index (χ0) is 18.0. The van der Waals surface area contributed by atoms with E-state index in [0.717, 1.165) is 24.3 Å². The van der Waals surface area contributed by atoms with Crippen LogP contribution in [-0.2, 0) is 13.1 Å². The number of rotatable bonds is 4. The molecule has 2 amide bonds. The molecule has 8 heteroatoms. The minimum atomic E-state index is -0.406. The van der Waals surface area contributed by atoms with E-state index < -0.39 is 5.82 Å². The molecule has 0 unspecified atom stereocenters. The SMILES string of the molecule is CN(C)C(=O)NC[C@@H]1CN(Cc2ccc(Cl)c(F)c2)Cc2cncn21. The number of hydrogen-bond acceptors (Lipinski definition) is 3. The Balaban J connectivity index is 1.70. The highest BCUT2D eigenvalue weighted by Gasteiger charge is 2.25. The summed E-state index contributed by atoms with van der Waals surface area (Å²) in [6.07, 6.45) is 3.62. The van der Waals surface area contributed by atoms with Gasteiger partial charge in [-0.3, -0.25) is 4.90 Å².